The van der Waals surface area contributed by atoms with Crippen LogP contribution in [0.4, 0.5) is 0 Å². The molecule has 1 unspecified atom stereocenters. The predicted octanol–water partition coefficient (Wildman–Crippen LogP) is 4.94. The third kappa shape index (κ3) is 4.36. The molecule has 0 aliphatic carbocycles. The summed E-state index contributed by atoms with van der Waals surface area (Å²) in [5.41, 5.74) is 2.62. The molecule has 6 nitrogen and oxygen atoms in total. The standard InChI is InChI=1S/C23H25BrN2O4S/c1-3-30-23(28)16-8-6-10-25(12-16)22(27)18-11-20-21(17(24)14-31-20)26(18)13-15-7-4-5-9-19(15)29-2/h4-5,7,9,11,14,16H,3,6,8,10,12-13H2,1-2H3. The maximum absolute atomic E-state index is 13.6. The number of fused-ring (bicyclic) bond motifs is 1. The van der Waals surface area contributed by atoms with Crippen LogP contribution in [0.5, 0.6) is 5.75 Å². The topological polar surface area (TPSA) is 60.8 Å². The van der Waals surface area contributed by atoms with E-state index in [4.69, 9.17) is 9.47 Å². The van der Waals surface area contributed by atoms with Crippen molar-refractivity contribution in [1.29, 1.82) is 0 Å². The number of aromatic nitrogens is 1. The largest absolute Gasteiger partial charge is 0.496 e. The molecule has 0 bridgehead atoms. The average molecular weight is 505 g/mol. The van der Waals surface area contributed by atoms with Gasteiger partial charge in [0.2, 0.25) is 0 Å². The summed E-state index contributed by atoms with van der Waals surface area (Å²) in [6.07, 6.45) is 1.55. The number of hydrogen-bond donors (Lipinski definition) is 0. The van der Waals surface area contributed by atoms with Crippen LogP contribution in [0.3, 0.4) is 0 Å². The van der Waals surface area contributed by atoms with Crippen LogP contribution < -0.4 is 4.74 Å². The molecule has 2 aromatic heterocycles. The summed E-state index contributed by atoms with van der Waals surface area (Å²) >= 11 is 5.25. The second kappa shape index (κ2) is 9.44. The van der Waals surface area contributed by atoms with E-state index in [9.17, 15) is 9.59 Å². The summed E-state index contributed by atoms with van der Waals surface area (Å²) < 4.78 is 14.8. The molecule has 0 N–H and O–H groups in total. The molecule has 0 saturated carbocycles. The zero-order valence-electron chi connectivity index (χ0n) is 17.6. The van der Waals surface area contributed by atoms with E-state index in [1.165, 1.54) is 0 Å². The number of methoxy groups -OCH3 is 1. The number of likely N-dealkylation sites (tertiary alicyclic amines) is 1. The molecule has 3 heterocycles. The number of ether oxygens (including phenoxy) is 2. The van der Waals surface area contributed by atoms with Gasteiger partial charge in [0, 0.05) is 24.0 Å². The van der Waals surface area contributed by atoms with Crippen LogP contribution in [0.15, 0.2) is 40.2 Å². The van der Waals surface area contributed by atoms with Gasteiger partial charge >= 0.3 is 5.97 Å². The first-order valence-corrected chi connectivity index (χ1v) is 12.0. The van der Waals surface area contributed by atoms with Crippen molar-refractivity contribution in [3.05, 3.63) is 51.4 Å². The molecule has 3 aromatic rings. The van der Waals surface area contributed by atoms with E-state index in [-0.39, 0.29) is 17.8 Å². The number of piperidine rings is 1. The van der Waals surface area contributed by atoms with E-state index in [2.05, 4.69) is 15.9 Å². The minimum absolute atomic E-state index is 0.0563. The van der Waals surface area contributed by atoms with Crippen molar-refractivity contribution in [1.82, 2.24) is 9.47 Å². The summed E-state index contributed by atoms with van der Waals surface area (Å²) in [5.74, 6) is 0.255. The number of carbonyl (C=O) groups excluding carboxylic acids is 2. The fourth-order valence-electron chi connectivity index (χ4n) is 4.15. The molecule has 1 amide bonds. The maximum Gasteiger partial charge on any atom is 0.310 e. The van der Waals surface area contributed by atoms with Gasteiger partial charge in [-0.1, -0.05) is 18.2 Å². The molecule has 0 spiro atoms. The van der Waals surface area contributed by atoms with Gasteiger partial charge in [-0.25, -0.2) is 0 Å². The minimum Gasteiger partial charge on any atom is -0.496 e. The van der Waals surface area contributed by atoms with Gasteiger partial charge in [0.25, 0.3) is 5.91 Å². The molecule has 1 aromatic carbocycles. The van der Waals surface area contributed by atoms with Crippen molar-refractivity contribution in [2.45, 2.75) is 26.3 Å². The van der Waals surface area contributed by atoms with Crippen molar-refractivity contribution >= 4 is 49.4 Å². The quantitative estimate of drug-likeness (QED) is 0.446. The lowest BCUT2D eigenvalue weighted by Crippen LogP contribution is -2.43. The zero-order chi connectivity index (χ0) is 22.0. The Morgan fingerprint density at radius 2 is 2.10 bits per heavy atom. The number of hydrogen-bond acceptors (Lipinski definition) is 5. The van der Waals surface area contributed by atoms with E-state index in [1.54, 1.807) is 30.3 Å². The second-order valence-corrected chi connectivity index (χ2v) is 9.33. The molecule has 1 fully saturated rings. The minimum atomic E-state index is -0.261. The second-order valence-electron chi connectivity index (χ2n) is 7.57. The molecule has 1 atom stereocenters. The maximum atomic E-state index is 13.6. The normalized spacial score (nSPS) is 16.5. The van der Waals surface area contributed by atoms with E-state index < -0.39 is 0 Å². The van der Waals surface area contributed by atoms with Crippen molar-refractivity contribution < 1.29 is 19.1 Å². The monoisotopic (exact) mass is 504 g/mol. The lowest BCUT2D eigenvalue weighted by molar-refractivity contribution is -0.149. The van der Waals surface area contributed by atoms with Crippen LogP contribution in [0.2, 0.25) is 0 Å². The summed E-state index contributed by atoms with van der Waals surface area (Å²) in [6, 6.07) is 9.79. The van der Waals surface area contributed by atoms with Crippen molar-refractivity contribution in [3.8, 4) is 5.75 Å². The Morgan fingerprint density at radius 3 is 2.87 bits per heavy atom. The van der Waals surface area contributed by atoms with Gasteiger partial charge in [-0.3, -0.25) is 9.59 Å². The Balaban J connectivity index is 1.68. The number of esters is 1. The molecule has 1 aliphatic heterocycles. The third-order valence-electron chi connectivity index (χ3n) is 5.65. The van der Waals surface area contributed by atoms with Gasteiger partial charge in [-0.2, -0.15) is 0 Å². The van der Waals surface area contributed by atoms with Gasteiger partial charge in [0.15, 0.2) is 0 Å². The zero-order valence-corrected chi connectivity index (χ0v) is 20.0. The number of carbonyl (C=O) groups is 2. The Labute approximate surface area is 193 Å². The van der Waals surface area contributed by atoms with Gasteiger partial charge in [-0.05, 0) is 47.8 Å². The van der Waals surface area contributed by atoms with Gasteiger partial charge in [-0.15, -0.1) is 11.3 Å². The fourth-order valence-corrected chi connectivity index (χ4v) is 5.85. The Bertz CT molecular complexity index is 1110. The Morgan fingerprint density at radius 1 is 1.29 bits per heavy atom. The smallest absolute Gasteiger partial charge is 0.310 e. The highest BCUT2D eigenvalue weighted by atomic mass is 79.9. The van der Waals surface area contributed by atoms with Gasteiger partial charge < -0.3 is 18.9 Å². The molecule has 164 valence electrons. The molecule has 8 heteroatoms. The molecule has 1 saturated heterocycles. The highest BCUT2D eigenvalue weighted by molar-refractivity contribution is 9.10. The summed E-state index contributed by atoms with van der Waals surface area (Å²) in [5, 5.41) is 2.04. The summed E-state index contributed by atoms with van der Waals surface area (Å²) in [7, 11) is 1.65. The number of thiophene rings is 1. The average Bonchev–Trinajstić information content (AvgIpc) is 3.34. The first-order chi connectivity index (χ1) is 15.0. The van der Waals surface area contributed by atoms with E-state index in [0.717, 1.165) is 38.8 Å². The molecule has 4 rings (SSSR count). The highest BCUT2D eigenvalue weighted by Gasteiger charge is 2.31. The summed E-state index contributed by atoms with van der Waals surface area (Å²) in [6.45, 7) is 3.71. The lowest BCUT2D eigenvalue weighted by atomic mass is 9.98. The number of nitrogens with zero attached hydrogens (tertiary/aromatic N) is 2. The van der Waals surface area contributed by atoms with Crippen LogP contribution in [-0.2, 0) is 16.1 Å². The van der Waals surface area contributed by atoms with Crippen LogP contribution in [0.1, 0.15) is 35.8 Å². The predicted molar refractivity (Wildman–Crippen MR) is 125 cm³/mol. The number of amides is 1. The first-order valence-electron chi connectivity index (χ1n) is 10.4. The molecule has 0 radical (unpaired) electrons. The molecular formula is C23H25BrN2O4S. The van der Waals surface area contributed by atoms with Crippen LogP contribution in [0, 0.1) is 5.92 Å². The van der Waals surface area contributed by atoms with Crippen LogP contribution in [0.25, 0.3) is 10.2 Å². The lowest BCUT2D eigenvalue weighted by Gasteiger charge is -2.31. The molecule has 1 aliphatic rings. The SMILES string of the molecule is CCOC(=O)C1CCCN(C(=O)c2cc3scc(Br)c3n2Cc2ccccc2OC)C1. The number of para-hydroxylation sites is 1. The van der Waals surface area contributed by atoms with Crippen molar-refractivity contribution in [3.63, 3.8) is 0 Å². The Kier molecular flexibility index (Phi) is 6.67. The van der Waals surface area contributed by atoms with E-state index in [0.29, 0.717) is 31.9 Å². The van der Waals surface area contributed by atoms with Gasteiger partial charge in [0.05, 0.1) is 40.9 Å². The number of rotatable bonds is 6. The summed E-state index contributed by atoms with van der Waals surface area (Å²) in [4.78, 5) is 27.6. The van der Waals surface area contributed by atoms with Crippen molar-refractivity contribution in [2.75, 3.05) is 26.8 Å². The van der Waals surface area contributed by atoms with Crippen molar-refractivity contribution in [2.24, 2.45) is 5.92 Å². The van der Waals surface area contributed by atoms with E-state index in [1.807, 2.05) is 40.3 Å². The van der Waals surface area contributed by atoms with Crippen LogP contribution >= 0.6 is 27.3 Å². The molecular weight excluding hydrogens is 480 g/mol. The number of benzene rings is 1. The van der Waals surface area contributed by atoms with Gasteiger partial charge in [0.1, 0.15) is 11.4 Å². The Hall–Kier alpha value is -2.32. The highest BCUT2D eigenvalue weighted by Crippen LogP contribution is 2.35. The third-order valence-corrected chi connectivity index (χ3v) is 7.47. The molecule has 31 heavy (non-hydrogen) atoms. The first kappa shape index (κ1) is 21.9. The van der Waals surface area contributed by atoms with Crippen LogP contribution in [-0.4, -0.2) is 48.1 Å². The number of halogens is 1. The fraction of sp³-hybridized carbons (Fsp3) is 0.391. The van der Waals surface area contributed by atoms with E-state index >= 15 is 0 Å².